The quantitative estimate of drug-likeness (QED) is 0.656. The van der Waals surface area contributed by atoms with Crippen LogP contribution < -0.4 is 10.6 Å². The molecule has 7 heteroatoms. The first-order valence-electron chi connectivity index (χ1n) is 8.38. The molecule has 2 amide bonds. The number of amides is 2. The Morgan fingerprint density at radius 1 is 1.00 bits per heavy atom. The smallest absolute Gasteiger partial charge is 0.255 e. The van der Waals surface area contributed by atoms with Gasteiger partial charge in [-0.05, 0) is 50.2 Å². The molecule has 138 valence electrons. The lowest BCUT2D eigenvalue weighted by molar-refractivity contribution is -0.113. The normalized spacial score (nSPS) is 10.5. The molecule has 2 aromatic carbocycles. The van der Waals surface area contributed by atoms with Gasteiger partial charge in [-0.1, -0.05) is 18.2 Å². The molecule has 0 aliphatic rings. The van der Waals surface area contributed by atoms with E-state index in [2.05, 4.69) is 15.7 Å². The van der Waals surface area contributed by atoms with Crippen LogP contribution in [0.15, 0.2) is 54.6 Å². The van der Waals surface area contributed by atoms with Crippen LogP contribution in [0.1, 0.15) is 21.7 Å². The van der Waals surface area contributed by atoms with Crippen LogP contribution in [0.2, 0.25) is 0 Å². The van der Waals surface area contributed by atoms with Crippen LogP contribution >= 0.6 is 11.6 Å². The Kier molecular flexibility index (Phi) is 5.57. The molecule has 0 saturated carbocycles. The number of aryl methyl sites for hydroxylation is 1. The zero-order valence-corrected chi connectivity index (χ0v) is 15.7. The Labute approximate surface area is 162 Å². The Morgan fingerprint density at radius 3 is 2.30 bits per heavy atom. The molecule has 27 heavy (non-hydrogen) atoms. The third-order valence-corrected chi connectivity index (χ3v) is 4.33. The van der Waals surface area contributed by atoms with E-state index in [1.54, 1.807) is 28.9 Å². The second-order valence-corrected chi connectivity index (χ2v) is 6.27. The van der Waals surface area contributed by atoms with E-state index in [-0.39, 0.29) is 17.7 Å². The number of hydrogen-bond acceptors (Lipinski definition) is 3. The highest BCUT2D eigenvalue weighted by Crippen LogP contribution is 2.23. The minimum absolute atomic E-state index is 0.119. The molecule has 0 aliphatic heterocycles. The van der Waals surface area contributed by atoms with Crippen molar-refractivity contribution in [3.63, 3.8) is 0 Å². The van der Waals surface area contributed by atoms with E-state index in [4.69, 9.17) is 11.6 Å². The lowest BCUT2D eigenvalue weighted by Gasteiger charge is -2.08. The van der Waals surface area contributed by atoms with E-state index in [0.717, 1.165) is 17.1 Å². The summed E-state index contributed by atoms with van der Waals surface area (Å²) in [6.07, 6.45) is 0. The van der Waals surface area contributed by atoms with Gasteiger partial charge in [0.2, 0.25) is 5.91 Å². The van der Waals surface area contributed by atoms with Gasteiger partial charge in [0.25, 0.3) is 5.91 Å². The highest BCUT2D eigenvalue weighted by atomic mass is 35.5. The summed E-state index contributed by atoms with van der Waals surface area (Å²) in [4.78, 5) is 23.9. The van der Waals surface area contributed by atoms with Gasteiger partial charge in [0.1, 0.15) is 5.88 Å². The summed E-state index contributed by atoms with van der Waals surface area (Å²) in [5, 5.41) is 10.1. The topological polar surface area (TPSA) is 76.0 Å². The zero-order chi connectivity index (χ0) is 19.4. The standard InChI is InChI=1S/C20H19ClN4O2/c1-13-19(14(2)25(24-13)17-6-4-3-5-7-17)23-20(27)15-8-10-16(11-9-15)22-18(26)12-21/h3-11H,12H2,1-2H3,(H,22,26)(H,23,27). The Balaban J connectivity index is 1.78. The average molecular weight is 383 g/mol. The predicted octanol–water partition coefficient (Wildman–Crippen LogP) is 3.92. The summed E-state index contributed by atoms with van der Waals surface area (Å²) in [5.41, 5.74) is 4.25. The van der Waals surface area contributed by atoms with E-state index in [1.165, 1.54) is 0 Å². The van der Waals surface area contributed by atoms with Crippen LogP contribution in [-0.4, -0.2) is 27.5 Å². The van der Waals surface area contributed by atoms with Gasteiger partial charge in [0.05, 0.1) is 22.8 Å². The maximum absolute atomic E-state index is 12.6. The van der Waals surface area contributed by atoms with Crippen molar-refractivity contribution < 1.29 is 9.59 Å². The molecule has 0 saturated heterocycles. The fraction of sp³-hybridized carbons (Fsp3) is 0.150. The van der Waals surface area contributed by atoms with Crippen LogP contribution in [-0.2, 0) is 4.79 Å². The average Bonchev–Trinajstić information content (AvgIpc) is 2.97. The number of anilines is 2. The van der Waals surface area contributed by atoms with E-state index in [1.807, 2.05) is 44.2 Å². The van der Waals surface area contributed by atoms with Crippen LogP contribution in [0.3, 0.4) is 0 Å². The van der Waals surface area contributed by atoms with Crippen LogP contribution in [0.5, 0.6) is 0 Å². The molecule has 0 fully saturated rings. The summed E-state index contributed by atoms with van der Waals surface area (Å²) < 4.78 is 1.80. The van der Waals surface area contributed by atoms with Crippen molar-refractivity contribution in [3.8, 4) is 5.69 Å². The lowest BCUT2D eigenvalue weighted by Crippen LogP contribution is -2.14. The number of benzene rings is 2. The van der Waals surface area contributed by atoms with Crippen molar-refractivity contribution >= 4 is 34.8 Å². The fourth-order valence-electron chi connectivity index (χ4n) is 2.73. The van der Waals surface area contributed by atoms with Gasteiger partial charge in [-0.2, -0.15) is 5.10 Å². The number of carbonyl (C=O) groups is 2. The number of aromatic nitrogens is 2. The molecule has 1 aromatic heterocycles. The van der Waals surface area contributed by atoms with Crippen LogP contribution in [0, 0.1) is 13.8 Å². The second kappa shape index (κ2) is 8.05. The maximum atomic E-state index is 12.6. The van der Waals surface area contributed by atoms with Gasteiger partial charge < -0.3 is 10.6 Å². The second-order valence-electron chi connectivity index (χ2n) is 6.01. The number of hydrogen-bond donors (Lipinski definition) is 2. The number of carbonyl (C=O) groups excluding carboxylic acids is 2. The Hall–Kier alpha value is -3.12. The zero-order valence-electron chi connectivity index (χ0n) is 15.0. The summed E-state index contributed by atoms with van der Waals surface area (Å²) >= 11 is 5.47. The van der Waals surface area contributed by atoms with E-state index >= 15 is 0 Å². The predicted molar refractivity (Wildman–Crippen MR) is 107 cm³/mol. The lowest BCUT2D eigenvalue weighted by atomic mass is 10.2. The highest BCUT2D eigenvalue weighted by molar-refractivity contribution is 6.29. The molecule has 2 N–H and O–H groups in total. The van der Waals surface area contributed by atoms with Gasteiger partial charge in [0.15, 0.2) is 0 Å². The third kappa shape index (κ3) is 4.17. The van der Waals surface area contributed by atoms with Gasteiger partial charge in [-0.3, -0.25) is 9.59 Å². The third-order valence-electron chi connectivity index (χ3n) is 4.08. The van der Waals surface area contributed by atoms with Crippen molar-refractivity contribution in [2.45, 2.75) is 13.8 Å². The minimum Gasteiger partial charge on any atom is -0.325 e. The SMILES string of the molecule is Cc1nn(-c2ccccc2)c(C)c1NC(=O)c1ccc(NC(=O)CCl)cc1. The summed E-state index contributed by atoms with van der Waals surface area (Å²) in [6, 6.07) is 16.3. The van der Waals surface area contributed by atoms with Gasteiger partial charge in [-0.25, -0.2) is 4.68 Å². The maximum Gasteiger partial charge on any atom is 0.255 e. The Morgan fingerprint density at radius 2 is 1.67 bits per heavy atom. The molecular weight excluding hydrogens is 364 g/mol. The Bertz CT molecular complexity index is 966. The van der Waals surface area contributed by atoms with Crippen LogP contribution in [0.25, 0.3) is 5.69 Å². The highest BCUT2D eigenvalue weighted by Gasteiger charge is 2.16. The fourth-order valence-corrected chi connectivity index (χ4v) is 2.80. The van der Waals surface area contributed by atoms with Crippen molar-refractivity contribution in [2.75, 3.05) is 16.5 Å². The van der Waals surface area contributed by atoms with Crippen molar-refractivity contribution in [1.82, 2.24) is 9.78 Å². The van der Waals surface area contributed by atoms with E-state index < -0.39 is 0 Å². The molecule has 0 atom stereocenters. The molecule has 0 aliphatic carbocycles. The molecule has 1 heterocycles. The minimum atomic E-state index is -0.298. The number of alkyl halides is 1. The molecule has 0 bridgehead atoms. The molecular formula is C20H19ClN4O2. The van der Waals surface area contributed by atoms with Crippen molar-refractivity contribution in [1.29, 1.82) is 0 Å². The molecule has 3 rings (SSSR count). The molecule has 0 unspecified atom stereocenters. The largest absolute Gasteiger partial charge is 0.325 e. The van der Waals surface area contributed by atoms with Gasteiger partial charge in [0, 0.05) is 11.3 Å². The number of halogens is 1. The number of rotatable bonds is 5. The van der Waals surface area contributed by atoms with Crippen molar-refractivity contribution in [3.05, 3.63) is 71.5 Å². The summed E-state index contributed by atoms with van der Waals surface area (Å²) in [5.74, 6) is -0.663. The first kappa shape index (κ1) is 18.7. The summed E-state index contributed by atoms with van der Waals surface area (Å²) in [7, 11) is 0. The van der Waals surface area contributed by atoms with Gasteiger partial charge in [-0.15, -0.1) is 11.6 Å². The number of nitrogens with one attached hydrogen (secondary N) is 2. The van der Waals surface area contributed by atoms with E-state index in [9.17, 15) is 9.59 Å². The molecule has 0 spiro atoms. The molecule has 0 radical (unpaired) electrons. The van der Waals surface area contributed by atoms with Crippen molar-refractivity contribution in [2.24, 2.45) is 0 Å². The number of para-hydroxylation sites is 1. The van der Waals surface area contributed by atoms with Crippen LogP contribution in [0.4, 0.5) is 11.4 Å². The molecule has 6 nitrogen and oxygen atoms in total. The van der Waals surface area contributed by atoms with E-state index in [0.29, 0.717) is 16.9 Å². The first-order chi connectivity index (χ1) is 13.0. The summed E-state index contributed by atoms with van der Waals surface area (Å²) in [6.45, 7) is 3.76. The first-order valence-corrected chi connectivity index (χ1v) is 8.92. The van der Waals surface area contributed by atoms with Gasteiger partial charge >= 0.3 is 0 Å². The molecule has 3 aromatic rings. The monoisotopic (exact) mass is 382 g/mol. The number of nitrogens with zero attached hydrogens (tertiary/aromatic N) is 2.